The summed E-state index contributed by atoms with van der Waals surface area (Å²) < 4.78 is 0. The summed E-state index contributed by atoms with van der Waals surface area (Å²) in [6.45, 7) is 4.97. The monoisotopic (exact) mass is 626 g/mol. The van der Waals surface area contributed by atoms with Crippen molar-refractivity contribution in [1.82, 2.24) is 21.3 Å². The van der Waals surface area contributed by atoms with Crippen LogP contribution >= 0.6 is 0 Å². The van der Waals surface area contributed by atoms with Crippen LogP contribution in [0, 0.1) is 29.1 Å². The molecule has 0 heterocycles. The van der Waals surface area contributed by atoms with Gasteiger partial charge < -0.3 is 37.8 Å². The molecule has 4 aliphatic carbocycles. The Morgan fingerprint density at radius 3 is 1.96 bits per heavy atom. The number of rotatable bonds is 15. The van der Waals surface area contributed by atoms with Crippen LogP contribution in [0.1, 0.15) is 77.7 Å². The van der Waals surface area contributed by atoms with Crippen molar-refractivity contribution in [2.24, 2.45) is 40.6 Å². The summed E-state index contributed by atoms with van der Waals surface area (Å²) in [5.41, 5.74) is 12.3. The highest BCUT2D eigenvalue weighted by atomic mass is 16.3. The van der Waals surface area contributed by atoms with Crippen molar-refractivity contribution in [2.45, 2.75) is 103 Å². The summed E-state index contributed by atoms with van der Waals surface area (Å²) in [5, 5.41) is 20.1. The van der Waals surface area contributed by atoms with Crippen LogP contribution in [0.2, 0.25) is 0 Å². The van der Waals surface area contributed by atoms with Gasteiger partial charge in [-0.2, -0.15) is 0 Å². The molecule has 0 radical (unpaired) electrons. The molecule has 4 bridgehead atoms. The fourth-order valence-corrected chi connectivity index (χ4v) is 8.10. The Balaban J connectivity index is 1.33. The van der Waals surface area contributed by atoms with Crippen LogP contribution in [-0.4, -0.2) is 65.4 Å². The van der Waals surface area contributed by atoms with E-state index in [-0.39, 0.29) is 23.5 Å². The summed E-state index contributed by atoms with van der Waals surface area (Å²) in [7, 11) is 0. The molecule has 0 aromatic heterocycles. The first-order chi connectivity index (χ1) is 21.2. The van der Waals surface area contributed by atoms with Gasteiger partial charge in [-0.25, -0.2) is 0 Å². The number of hydrogen-bond acceptors (Lipinski definition) is 7. The van der Waals surface area contributed by atoms with Crippen molar-refractivity contribution in [3.05, 3.63) is 29.8 Å². The molecular formula is C33H50N6O6. The van der Waals surface area contributed by atoms with E-state index in [2.05, 4.69) is 21.3 Å². The number of phenols is 1. The van der Waals surface area contributed by atoms with Crippen molar-refractivity contribution >= 4 is 29.5 Å². The first-order valence-electron chi connectivity index (χ1n) is 16.2. The van der Waals surface area contributed by atoms with Crippen molar-refractivity contribution in [3.8, 4) is 5.75 Å². The molecule has 4 aliphatic rings. The second-order valence-corrected chi connectivity index (χ2v) is 14.3. The quantitative estimate of drug-likeness (QED) is 0.150. The minimum atomic E-state index is -0.963. The Hall–Kier alpha value is -3.67. The number of carbonyl (C=O) groups is 5. The van der Waals surface area contributed by atoms with E-state index in [1.807, 2.05) is 13.8 Å². The smallest absolute Gasteiger partial charge is 0.243 e. The van der Waals surface area contributed by atoms with Crippen molar-refractivity contribution in [3.63, 3.8) is 0 Å². The highest BCUT2D eigenvalue weighted by Crippen LogP contribution is 2.61. The van der Waals surface area contributed by atoms with Crippen molar-refractivity contribution in [1.29, 1.82) is 0 Å². The van der Waals surface area contributed by atoms with Gasteiger partial charge in [-0.05, 0) is 111 Å². The number of phenolic OH excluding ortho intramolecular Hbond substituents is 1. The van der Waals surface area contributed by atoms with Gasteiger partial charge in [0.2, 0.25) is 29.5 Å². The first-order valence-corrected chi connectivity index (χ1v) is 16.2. The topological polar surface area (TPSA) is 206 Å². The maximum atomic E-state index is 13.6. The zero-order valence-electron chi connectivity index (χ0n) is 26.6. The predicted octanol–water partition coefficient (Wildman–Crippen LogP) is 0.990. The molecule has 12 heteroatoms. The summed E-state index contributed by atoms with van der Waals surface area (Å²) in [6.07, 6.45) is 7.89. The SMILES string of the molecule is CC(C)C[C@H](NC(=O)[C@H](CC12CC3CC(CC(C3)C1)C2)NC(=O)CNC(=O)[C@H](C)NC(=O)[C@@H](N)Cc1ccc(O)cc1)C(N)=O. The van der Waals surface area contributed by atoms with E-state index in [1.54, 1.807) is 12.1 Å². The van der Waals surface area contributed by atoms with Gasteiger partial charge in [-0.15, -0.1) is 0 Å². The number of amides is 5. The van der Waals surface area contributed by atoms with Crippen molar-refractivity contribution in [2.75, 3.05) is 6.54 Å². The zero-order chi connectivity index (χ0) is 32.9. The van der Waals surface area contributed by atoms with Crippen LogP contribution in [0.25, 0.3) is 0 Å². The fraction of sp³-hybridized carbons (Fsp3) is 0.667. The van der Waals surface area contributed by atoms with E-state index in [9.17, 15) is 29.1 Å². The molecule has 45 heavy (non-hydrogen) atoms. The van der Waals surface area contributed by atoms with E-state index in [4.69, 9.17) is 11.5 Å². The Morgan fingerprint density at radius 1 is 0.844 bits per heavy atom. The molecule has 4 saturated carbocycles. The Bertz CT molecular complexity index is 1220. The largest absolute Gasteiger partial charge is 0.508 e. The lowest BCUT2D eigenvalue weighted by Crippen LogP contribution is -2.57. The Kier molecular flexibility index (Phi) is 11.1. The third kappa shape index (κ3) is 9.42. The lowest BCUT2D eigenvalue weighted by atomic mass is 9.48. The van der Waals surface area contributed by atoms with Gasteiger partial charge in [0.25, 0.3) is 0 Å². The van der Waals surface area contributed by atoms with E-state index in [0.29, 0.717) is 30.6 Å². The van der Waals surface area contributed by atoms with E-state index < -0.39 is 60.2 Å². The molecular weight excluding hydrogens is 576 g/mol. The number of nitrogens with two attached hydrogens (primary N) is 2. The Labute approximate surface area is 265 Å². The molecule has 0 unspecified atom stereocenters. The van der Waals surface area contributed by atoms with Gasteiger partial charge in [-0.1, -0.05) is 26.0 Å². The molecule has 0 aliphatic heterocycles. The lowest BCUT2D eigenvalue weighted by molar-refractivity contribution is -0.134. The van der Waals surface area contributed by atoms with Crippen LogP contribution in [0.4, 0.5) is 0 Å². The molecule has 0 spiro atoms. The number of primary amides is 1. The number of carbonyl (C=O) groups excluding carboxylic acids is 5. The lowest BCUT2D eigenvalue weighted by Gasteiger charge is -2.57. The minimum Gasteiger partial charge on any atom is -0.508 e. The minimum absolute atomic E-state index is 0.0365. The Morgan fingerprint density at radius 2 is 1.42 bits per heavy atom. The molecule has 9 N–H and O–H groups in total. The normalized spacial score (nSPS) is 25.9. The van der Waals surface area contributed by atoms with Crippen LogP contribution in [0.3, 0.4) is 0 Å². The summed E-state index contributed by atoms with van der Waals surface area (Å²) in [4.78, 5) is 64.1. The number of hydrogen-bond donors (Lipinski definition) is 7. The molecule has 5 rings (SSSR count). The van der Waals surface area contributed by atoms with Gasteiger partial charge in [0.15, 0.2) is 0 Å². The van der Waals surface area contributed by atoms with E-state index >= 15 is 0 Å². The molecule has 1 aromatic carbocycles. The van der Waals surface area contributed by atoms with Crippen LogP contribution < -0.4 is 32.7 Å². The van der Waals surface area contributed by atoms with Gasteiger partial charge >= 0.3 is 0 Å². The molecule has 12 nitrogen and oxygen atoms in total. The number of benzene rings is 1. The molecule has 0 saturated heterocycles. The molecule has 4 fully saturated rings. The van der Waals surface area contributed by atoms with Crippen LogP contribution in [-0.2, 0) is 30.4 Å². The van der Waals surface area contributed by atoms with Crippen molar-refractivity contribution < 1.29 is 29.1 Å². The second kappa shape index (κ2) is 14.6. The molecule has 4 atom stereocenters. The third-order valence-corrected chi connectivity index (χ3v) is 9.72. The first kappa shape index (κ1) is 34.2. The average Bonchev–Trinajstić information content (AvgIpc) is 2.95. The highest BCUT2D eigenvalue weighted by Gasteiger charge is 2.52. The summed E-state index contributed by atoms with van der Waals surface area (Å²) in [5.74, 6) is -0.543. The average molecular weight is 627 g/mol. The predicted molar refractivity (Wildman–Crippen MR) is 168 cm³/mol. The molecule has 248 valence electrons. The van der Waals surface area contributed by atoms with Crippen LogP contribution in [0.15, 0.2) is 24.3 Å². The maximum Gasteiger partial charge on any atom is 0.243 e. The van der Waals surface area contributed by atoms with Gasteiger partial charge in [0.1, 0.15) is 23.9 Å². The zero-order valence-corrected chi connectivity index (χ0v) is 26.6. The fourth-order valence-electron chi connectivity index (χ4n) is 8.10. The summed E-state index contributed by atoms with van der Waals surface area (Å²) >= 11 is 0. The highest BCUT2D eigenvalue weighted by molar-refractivity contribution is 5.94. The number of aromatic hydroxyl groups is 1. The number of nitrogens with one attached hydrogen (secondary N) is 4. The molecule has 5 amide bonds. The standard InChI is InChI=1S/C33H50N6O6/c1-18(2)8-26(29(35)42)39-32(45)27(16-33-13-21-9-22(14-33)11-23(10-21)15-33)38-28(41)17-36-30(43)19(3)37-31(44)25(34)12-20-4-6-24(40)7-5-20/h4-7,18-19,21-23,25-27,40H,8-17,34H2,1-3H3,(H2,35,42)(H,36,43)(H,37,44)(H,38,41)(H,39,45)/t19-,21?,22?,23?,25-,26-,27-,33?/m0/s1. The van der Waals surface area contributed by atoms with Gasteiger partial charge in [-0.3, -0.25) is 24.0 Å². The summed E-state index contributed by atoms with van der Waals surface area (Å²) in [6, 6.07) is 2.71. The third-order valence-electron chi connectivity index (χ3n) is 9.72. The van der Waals surface area contributed by atoms with Gasteiger partial charge in [0, 0.05) is 0 Å². The van der Waals surface area contributed by atoms with E-state index in [1.165, 1.54) is 38.3 Å². The van der Waals surface area contributed by atoms with Gasteiger partial charge in [0.05, 0.1) is 12.6 Å². The van der Waals surface area contributed by atoms with Crippen LogP contribution in [0.5, 0.6) is 5.75 Å². The molecule has 1 aromatic rings. The maximum absolute atomic E-state index is 13.6. The van der Waals surface area contributed by atoms with E-state index in [0.717, 1.165) is 24.8 Å². The second-order valence-electron chi connectivity index (χ2n) is 14.3.